The minimum Gasteiger partial charge on any atom is -0.389 e. The van der Waals surface area contributed by atoms with Crippen molar-refractivity contribution in [2.75, 3.05) is 0 Å². The molecular formula is C11H19N3O. The van der Waals surface area contributed by atoms with E-state index in [0.29, 0.717) is 12.3 Å². The summed E-state index contributed by atoms with van der Waals surface area (Å²) in [6.45, 7) is 2.15. The van der Waals surface area contributed by atoms with Gasteiger partial charge in [0.2, 0.25) is 0 Å². The van der Waals surface area contributed by atoms with E-state index in [1.807, 2.05) is 13.2 Å². The van der Waals surface area contributed by atoms with Gasteiger partial charge in [0.05, 0.1) is 11.3 Å². The highest BCUT2D eigenvalue weighted by molar-refractivity contribution is 5.03. The van der Waals surface area contributed by atoms with Crippen molar-refractivity contribution in [1.82, 2.24) is 15.0 Å². The van der Waals surface area contributed by atoms with Gasteiger partial charge in [-0.05, 0) is 18.8 Å². The maximum Gasteiger partial charge on any atom is 0.0855 e. The average Bonchev–Trinajstić information content (AvgIpc) is 2.73. The Morgan fingerprint density at radius 1 is 1.67 bits per heavy atom. The van der Waals surface area contributed by atoms with E-state index in [9.17, 15) is 5.11 Å². The van der Waals surface area contributed by atoms with Gasteiger partial charge in [0.1, 0.15) is 0 Å². The van der Waals surface area contributed by atoms with Crippen molar-refractivity contribution in [3.63, 3.8) is 0 Å². The molecule has 1 aliphatic carbocycles. The van der Waals surface area contributed by atoms with Crippen LogP contribution in [-0.4, -0.2) is 25.7 Å². The van der Waals surface area contributed by atoms with E-state index >= 15 is 0 Å². The molecule has 0 radical (unpaired) electrons. The molecule has 4 nitrogen and oxygen atoms in total. The lowest BCUT2D eigenvalue weighted by Gasteiger charge is -2.28. The molecule has 1 fully saturated rings. The highest BCUT2D eigenvalue weighted by atomic mass is 16.3. The molecule has 1 N–H and O–H groups in total. The largest absolute Gasteiger partial charge is 0.389 e. The number of aryl methyl sites for hydroxylation is 1. The third-order valence-electron chi connectivity index (χ3n) is 3.55. The molecule has 1 aliphatic rings. The van der Waals surface area contributed by atoms with Crippen LogP contribution in [0.5, 0.6) is 0 Å². The Morgan fingerprint density at radius 2 is 2.47 bits per heavy atom. The van der Waals surface area contributed by atoms with Crippen molar-refractivity contribution in [1.29, 1.82) is 0 Å². The van der Waals surface area contributed by atoms with E-state index in [4.69, 9.17) is 0 Å². The fourth-order valence-electron chi connectivity index (χ4n) is 2.73. The molecule has 1 saturated carbocycles. The van der Waals surface area contributed by atoms with Gasteiger partial charge >= 0.3 is 0 Å². The third kappa shape index (κ3) is 2.04. The Balaban J connectivity index is 2.09. The Morgan fingerprint density at radius 3 is 3.07 bits per heavy atom. The van der Waals surface area contributed by atoms with E-state index in [1.54, 1.807) is 4.68 Å². The smallest absolute Gasteiger partial charge is 0.0855 e. The Kier molecular flexibility index (Phi) is 2.78. The molecule has 0 bridgehead atoms. The second kappa shape index (κ2) is 3.93. The average molecular weight is 209 g/mol. The number of rotatable bonds is 3. The Bertz CT molecular complexity index is 336. The van der Waals surface area contributed by atoms with Crippen LogP contribution in [0, 0.1) is 5.92 Å². The lowest BCUT2D eigenvalue weighted by molar-refractivity contribution is 0.000612. The zero-order valence-electron chi connectivity index (χ0n) is 9.48. The van der Waals surface area contributed by atoms with Gasteiger partial charge in [0.15, 0.2) is 0 Å². The maximum atomic E-state index is 10.5. The van der Waals surface area contributed by atoms with Crippen molar-refractivity contribution in [3.8, 4) is 0 Å². The number of hydrogen-bond donors (Lipinski definition) is 1. The molecule has 4 heteroatoms. The summed E-state index contributed by atoms with van der Waals surface area (Å²) in [6, 6.07) is 0. The van der Waals surface area contributed by atoms with Crippen LogP contribution in [0.15, 0.2) is 6.20 Å². The van der Waals surface area contributed by atoms with Crippen molar-refractivity contribution < 1.29 is 5.11 Å². The predicted octanol–water partition coefficient (Wildman–Crippen LogP) is 1.30. The summed E-state index contributed by atoms with van der Waals surface area (Å²) in [5.74, 6) is 0.430. The topological polar surface area (TPSA) is 50.9 Å². The Labute approximate surface area is 90.3 Å². The monoisotopic (exact) mass is 209 g/mol. The van der Waals surface area contributed by atoms with Gasteiger partial charge in [0.25, 0.3) is 0 Å². The minimum atomic E-state index is -0.537. The molecule has 15 heavy (non-hydrogen) atoms. The van der Waals surface area contributed by atoms with Crippen LogP contribution < -0.4 is 0 Å². The van der Waals surface area contributed by atoms with E-state index in [1.165, 1.54) is 0 Å². The molecular weight excluding hydrogens is 190 g/mol. The summed E-state index contributed by atoms with van der Waals surface area (Å²) >= 11 is 0. The molecule has 2 unspecified atom stereocenters. The molecule has 2 atom stereocenters. The van der Waals surface area contributed by atoms with Crippen LogP contribution in [0.2, 0.25) is 0 Å². The fourth-order valence-corrected chi connectivity index (χ4v) is 2.73. The first-order valence-electron chi connectivity index (χ1n) is 5.71. The number of aromatic nitrogens is 3. The molecule has 0 aliphatic heterocycles. The molecule has 0 saturated heterocycles. The van der Waals surface area contributed by atoms with Crippen LogP contribution >= 0.6 is 0 Å². The van der Waals surface area contributed by atoms with Crippen molar-refractivity contribution in [2.24, 2.45) is 13.0 Å². The minimum absolute atomic E-state index is 0.430. The van der Waals surface area contributed by atoms with Crippen LogP contribution in [0.4, 0.5) is 0 Å². The zero-order chi connectivity index (χ0) is 10.9. The lowest BCUT2D eigenvalue weighted by atomic mass is 9.85. The summed E-state index contributed by atoms with van der Waals surface area (Å²) < 4.78 is 1.69. The maximum absolute atomic E-state index is 10.5. The van der Waals surface area contributed by atoms with E-state index in [-0.39, 0.29) is 0 Å². The first-order valence-corrected chi connectivity index (χ1v) is 5.71. The molecule has 2 rings (SSSR count). The highest BCUT2D eigenvalue weighted by Gasteiger charge is 2.40. The number of aliphatic hydroxyl groups is 1. The zero-order valence-corrected chi connectivity index (χ0v) is 9.48. The third-order valence-corrected chi connectivity index (χ3v) is 3.55. The second-order valence-corrected chi connectivity index (χ2v) is 4.66. The second-order valence-electron chi connectivity index (χ2n) is 4.66. The first kappa shape index (κ1) is 10.6. The fraction of sp³-hybridized carbons (Fsp3) is 0.818. The van der Waals surface area contributed by atoms with Crippen LogP contribution in [0.3, 0.4) is 0 Å². The molecule has 0 amide bonds. The normalized spacial score (nSPS) is 31.0. The van der Waals surface area contributed by atoms with Gasteiger partial charge in [-0.2, -0.15) is 0 Å². The molecule has 1 aromatic rings. The van der Waals surface area contributed by atoms with Crippen LogP contribution in [0.25, 0.3) is 0 Å². The van der Waals surface area contributed by atoms with Crippen LogP contribution in [-0.2, 0) is 13.5 Å². The number of nitrogens with zero attached hydrogens (tertiary/aromatic N) is 3. The van der Waals surface area contributed by atoms with Crippen molar-refractivity contribution in [2.45, 2.75) is 44.6 Å². The van der Waals surface area contributed by atoms with Gasteiger partial charge in [-0.3, -0.25) is 4.68 Å². The summed E-state index contributed by atoms with van der Waals surface area (Å²) in [7, 11) is 1.85. The summed E-state index contributed by atoms with van der Waals surface area (Å²) in [6.07, 6.45) is 6.78. The molecule has 84 valence electrons. The van der Waals surface area contributed by atoms with Crippen LogP contribution in [0.1, 0.15) is 38.3 Å². The molecule has 1 heterocycles. The van der Waals surface area contributed by atoms with Gasteiger partial charge in [-0.1, -0.05) is 25.0 Å². The van der Waals surface area contributed by atoms with Gasteiger partial charge < -0.3 is 5.11 Å². The Hall–Kier alpha value is -0.900. The van der Waals surface area contributed by atoms with Crippen molar-refractivity contribution >= 4 is 0 Å². The van der Waals surface area contributed by atoms with Gasteiger partial charge in [-0.15, -0.1) is 5.10 Å². The highest BCUT2D eigenvalue weighted by Crippen LogP contribution is 2.39. The van der Waals surface area contributed by atoms with Gasteiger partial charge in [-0.25, -0.2) is 0 Å². The van der Waals surface area contributed by atoms with E-state index < -0.39 is 5.60 Å². The summed E-state index contributed by atoms with van der Waals surface area (Å²) in [5.41, 5.74) is 0.366. The summed E-state index contributed by atoms with van der Waals surface area (Å²) in [5, 5.41) is 18.5. The quantitative estimate of drug-likeness (QED) is 0.816. The van der Waals surface area contributed by atoms with Gasteiger partial charge in [0, 0.05) is 19.7 Å². The molecule has 1 aromatic heterocycles. The number of hydrogen-bond acceptors (Lipinski definition) is 3. The first-order chi connectivity index (χ1) is 7.14. The van der Waals surface area contributed by atoms with E-state index in [0.717, 1.165) is 31.4 Å². The lowest BCUT2D eigenvalue weighted by Crippen LogP contribution is -2.35. The predicted molar refractivity (Wildman–Crippen MR) is 57.3 cm³/mol. The standard InChI is InChI=1S/C11H19N3O/c1-3-9-5-4-6-11(9,15)7-10-8-14(2)13-12-10/h8-9,15H,3-7H2,1-2H3. The molecule has 0 aromatic carbocycles. The van der Waals surface area contributed by atoms with Crippen molar-refractivity contribution in [3.05, 3.63) is 11.9 Å². The summed E-state index contributed by atoms with van der Waals surface area (Å²) in [4.78, 5) is 0. The van der Waals surface area contributed by atoms with E-state index in [2.05, 4.69) is 17.2 Å². The SMILES string of the molecule is CCC1CCCC1(O)Cc1cn(C)nn1. The molecule has 0 spiro atoms.